The summed E-state index contributed by atoms with van der Waals surface area (Å²) in [6, 6.07) is 7.64. The van der Waals surface area contributed by atoms with Crippen LogP contribution in [0.25, 0.3) is 11.1 Å². The Kier molecular flexibility index (Phi) is 4.68. The number of carbonyl (C=O) groups is 1. The van der Waals surface area contributed by atoms with Gasteiger partial charge in [0.05, 0.1) is 6.42 Å². The van der Waals surface area contributed by atoms with Crippen molar-refractivity contribution in [3.8, 4) is 11.1 Å². The number of halogens is 1. The molecule has 2 rings (SSSR count). The number of aromatic nitrogens is 2. The van der Waals surface area contributed by atoms with Gasteiger partial charge in [0.15, 0.2) is 0 Å². The summed E-state index contributed by atoms with van der Waals surface area (Å²) in [5, 5.41) is 11.6. The molecule has 0 aliphatic heterocycles. The van der Waals surface area contributed by atoms with Gasteiger partial charge in [-0.05, 0) is 24.6 Å². The van der Waals surface area contributed by atoms with Crippen LogP contribution in [0, 0.1) is 0 Å². The minimum absolute atomic E-state index is 0.0256. The highest BCUT2D eigenvalue weighted by atomic mass is 79.9. The van der Waals surface area contributed by atoms with E-state index in [1.807, 2.05) is 24.3 Å². The number of rotatable bonds is 5. The van der Waals surface area contributed by atoms with Crippen molar-refractivity contribution in [2.24, 2.45) is 0 Å². The molecule has 0 saturated heterocycles. The summed E-state index contributed by atoms with van der Waals surface area (Å²) >= 11 is 3.39. The Hall–Kier alpha value is -1.95. The van der Waals surface area contributed by atoms with Crippen LogP contribution in [0.3, 0.4) is 0 Å². The molecule has 0 saturated carbocycles. The van der Waals surface area contributed by atoms with Crippen molar-refractivity contribution in [1.82, 2.24) is 9.97 Å². The molecular formula is C14H14BrN3O2. The molecular weight excluding hydrogens is 322 g/mol. The van der Waals surface area contributed by atoms with Crippen LogP contribution in [0.15, 0.2) is 41.1 Å². The molecule has 1 atom stereocenters. The Morgan fingerprint density at radius 2 is 1.85 bits per heavy atom. The lowest BCUT2D eigenvalue weighted by Crippen LogP contribution is -2.20. The van der Waals surface area contributed by atoms with E-state index in [-0.39, 0.29) is 12.5 Å². The van der Waals surface area contributed by atoms with Gasteiger partial charge in [-0.1, -0.05) is 28.1 Å². The van der Waals surface area contributed by atoms with Crippen molar-refractivity contribution in [2.45, 2.75) is 19.4 Å². The van der Waals surface area contributed by atoms with Gasteiger partial charge < -0.3 is 10.4 Å². The Bertz CT molecular complexity index is 584. The second-order valence-electron chi connectivity index (χ2n) is 4.45. The molecule has 0 bridgehead atoms. The third-order valence-corrected chi connectivity index (χ3v) is 3.21. The molecule has 6 heteroatoms. The summed E-state index contributed by atoms with van der Waals surface area (Å²) in [7, 11) is 0. The molecule has 2 N–H and O–H groups in total. The maximum Gasteiger partial charge on any atom is 0.305 e. The number of nitrogens with zero attached hydrogens (tertiary/aromatic N) is 2. The lowest BCUT2D eigenvalue weighted by Gasteiger charge is -2.11. The minimum Gasteiger partial charge on any atom is -0.481 e. The van der Waals surface area contributed by atoms with Gasteiger partial charge >= 0.3 is 5.97 Å². The van der Waals surface area contributed by atoms with E-state index >= 15 is 0 Å². The molecule has 20 heavy (non-hydrogen) atoms. The summed E-state index contributed by atoms with van der Waals surface area (Å²) in [4.78, 5) is 19.0. The Labute approximate surface area is 125 Å². The summed E-state index contributed by atoms with van der Waals surface area (Å²) in [6.07, 6.45) is 3.45. The quantitative estimate of drug-likeness (QED) is 0.877. The van der Waals surface area contributed by atoms with E-state index in [9.17, 15) is 4.79 Å². The summed E-state index contributed by atoms with van der Waals surface area (Å²) in [5.41, 5.74) is 1.94. The molecule has 1 aromatic carbocycles. The smallest absolute Gasteiger partial charge is 0.305 e. The first-order valence-electron chi connectivity index (χ1n) is 6.11. The number of anilines is 1. The highest BCUT2D eigenvalue weighted by Gasteiger charge is 2.08. The zero-order valence-electron chi connectivity index (χ0n) is 10.9. The van der Waals surface area contributed by atoms with Gasteiger partial charge in [-0.15, -0.1) is 0 Å². The van der Waals surface area contributed by atoms with E-state index < -0.39 is 5.97 Å². The maximum atomic E-state index is 10.6. The summed E-state index contributed by atoms with van der Waals surface area (Å²) < 4.78 is 1.02. The van der Waals surface area contributed by atoms with Crippen LogP contribution in [0.2, 0.25) is 0 Å². The van der Waals surface area contributed by atoms with Crippen molar-refractivity contribution in [2.75, 3.05) is 5.32 Å². The molecule has 5 nitrogen and oxygen atoms in total. The fourth-order valence-corrected chi connectivity index (χ4v) is 1.99. The Morgan fingerprint density at radius 1 is 1.25 bits per heavy atom. The number of aliphatic carboxylic acids is 1. The van der Waals surface area contributed by atoms with Crippen LogP contribution in [0.5, 0.6) is 0 Å². The second-order valence-corrected chi connectivity index (χ2v) is 5.36. The van der Waals surface area contributed by atoms with Crippen LogP contribution in [-0.4, -0.2) is 27.1 Å². The Morgan fingerprint density at radius 3 is 2.40 bits per heavy atom. The minimum atomic E-state index is -0.850. The van der Waals surface area contributed by atoms with E-state index in [1.165, 1.54) is 0 Å². The van der Waals surface area contributed by atoms with Crippen molar-refractivity contribution in [3.05, 3.63) is 41.1 Å². The molecule has 1 aromatic heterocycles. The van der Waals surface area contributed by atoms with Crippen LogP contribution < -0.4 is 5.32 Å². The predicted octanol–water partition coefficient (Wildman–Crippen LogP) is 3.18. The zero-order chi connectivity index (χ0) is 14.5. The van der Waals surface area contributed by atoms with Crippen LogP contribution in [0.1, 0.15) is 13.3 Å². The SMILES string of the molecule is CC(CC(=O)O)Nc1ncc(-c2ccc(Br)cc2)cn1. The number of benzene rings is 1. The van der Waals surface area contributed by atoms with E-state index in [2.05, 4.69) is 31.2 Å². The highest BCUT2D eigenvalue weighted by Crippen LogP contribution is 2.20. The number of carboxylic acid groups (broad SMARTS) is 1. The summed E-state index contributed by atoms with van der Waals surface area (Å²) in [5.74, 6) is -0.420. The third kappa shape index (κ3) is 4.03. The van der Waals surface area contributed by atoms with Gasteiger partial charge in [0.1, 0.15) is 0 Å². The average Bonchev–Trinajstić information content (AvgIpc) is 2.39. The normalized spacial score (nSPS) is 11.9. The van der Waals surface area contributed by atoms with Crippen molar-refractivity contribution < 1.29 is 9.90 Å². The molecule has 0 fully saturated rings. The molecule has 0 amide bonds. The standard InChI is InChI=1S/C14H14BrN3O2/c1-9(6-13(19)20)18-14-16-7-11(8-17-14)10-2-4-12(15)5-3-10/h2-5,7-9H,6H2,1H3,(H,19,20)(H,16,17,18). The molecule has 1 heterocycles. The van der Waals surface area contributed by atoms with Gasteiger partial charge in [0, 0.05) is 28.5 Å². The number of hydrogen-bond acceptors (Lipinski definition) is 4. The van der Waals surface area contributed by atoms with E-state index in [1.54, 1.807) is 19.3 Å². The number of carboxylic acids is 1. The lowest BCUT2D eigenvalue weighted by molar-refractivity contribution is -0.137. The second kappa shape index (κ2) is 6.47. The first-order valence-corrected chi connectivity index (χ1v) is 6.90. The summed E-state index contributed by atoms with van der Waals surface area (Å²) in [6.45, 7) is 1.78. The molecule has 1 unspecified atom stereocenters. The fourth-order valence-electron chi connectivity index (χ4n) is 1.73. The predicted molar refractivity (Wildman–Crippen MR) is 80.5 cm³/mol. The van der Waals surface area contributed by atoms with E-state index in [4.69, 9.17) is 5.11 Å². The van der Waals surface area contributed by atoms with Gasteiger partial charge in [-0.25, -0.2) is 9.97 Å². The number of nitrogens with one attached hydrogen (secondary N) is 1. The van der Waals surface area contributed by atoms with Gasteiger partial charge in [-0.2, -0.15) is 0 Å². The fraction of sp³-hybridized carbons (Fsp3) is 0.214. The first-order chi connectivity index (χ1) is 9.54. The highest BCUT2D eigenvalue weighted by molar-refractivity contribution is 9.10. The van der Waals surface area contributed by atoms with Crippen molar-refractivity contribution in [3.63, 3.8) is 0 Å². The number of hydrogen-bond donors (Lipinski definition) is 2. The van der Waals surface area contributed by atoms with E-state index in [0.717, 1.165) is 15.6 Å². The molecule has 104 valence electrons. The van der Waals surface area contributed by atoms with Gasteiger partial charge in [0.25, 0.3) is 0 Å². The largest absolute Gasteiger partial charge is 0.481 e. The first kappa shape index (κ1) is 14.5. The van der Waals surface area contributed by atoms with Crippen molar-refractivity contribution in [1.29, 1.82) is 0 Å². The molecule has 0 spiro atoms. The molecule has 0 aliphatic carbocycles. The average molecular weight is 336 g/mol. The monoisotopic (exact) mass is 335 g/mol. The topological polar surface area (TPSA) is 75.1 Å². The van der Waals surface area contributed by atoms with Gasteiger partial charge in [-0.3, -0.25) is 4.79 Å². The van der Waals surface area contributed by atoms with Crippen molar-refractivity contribution >= 4 is 27.8 Å². The Balaban J connectivity index is 2.06. The third-order valence-electron chi connectivity index (χ3n) is 2.69. The van der Waals surface area contributed by atoms with Gasteiger partial charge in [0.2, 0.25) is 5.95 Å². The molecule has 0 radical (unpaired) electrons. The van der Waals surface area contributed by atoms with Crippen LogP contribution >= 0.6 is 15.9 Å². The van der Waals surface area contributed by atoms with Crippen LogP contribution in [0.4, 0.5) is 5.95 Å². The zero-order valence-corrected chi connectivity index (χ0v) is 12.5. The molecule has 2 aromatic rings. The molecule has 0 aliphatic rings. The maximum absolute atomic E-state index is 10.6. The lowest BCUT2D eigenvalue weighted by atomic mass is 10.1. The van der Waals surface area contributed by atoms with Crippen LogP contribution in [-0.2, 0) is 4.79 Å². The van der Waals surface area contributed by atoms with E-state index in [0.29, 0.717) is 5.95 Å².